The Bertz CT molecular complexity index is 357. The first kappa shape index (κ1) is 14.5. The van der Waals surface area contributed by atoms with Crippen molar-refractivity contribution in [1.29, 1.82) is 0 Å². The van der Waals surface area contributed by atoms with Crippen LogP contribution in [0, 0.1) is 5.82 Å². The van der Waals surface area contributed by atoms with Crippen molar-refractivity contribution >= 4 is 21.6 Å². The zero-order chi connectivity index (χ0) is 12.8. The minimum absolute atomic E-state index is 0.186. The van der Waals surface area contributed by atoms with Gasteiger partial charge in [0.05, 0.1) is 18.4 Å². The second kappa shape index (κ2) is 6.97. The molecule has 2 nitrogen and oxygen atoms in total. The van der Waals surface area contributed by atoms with Gasteiger partial charge < -0.3 is 9.64 Å². The zero-order valence-electron chi connectivity index (χ0n) is 10.5. The van der Waals surface area contributed by atoms with Crippen LogP contribution in [0.25, 0.3) is 0 Å². The summed E-state index contributed by atoms with van der Waals surface area (Å²) in [6, 6.07) is 5.14. The summed E-state index contributed by atoms with van der Waals surface area (Å²) in [5.41, 5.74) is 1.61. The minimum Gasteiger partial charge on any atom is -0.377 e. The Morgan fingerprint density at radius 3 is 2.71 bits per heavy atom. The van der Waals surface area contributed by atoms with E-state index in [0.717, 1.165) is 5.56 Å². The molecule has 0 unspecified atom stereocenters. The molecule has 0 aliphatic carbocycles. The van der Waals surface area contributed by atoms with Crippen molar-refractivity contribution in [2.45, 2.75) is 25.3 Å². The normalized spacial score (nSPS) is 10.9. The van der Waals surface area contributed by atoms with Crippen molar-refractivity contribution in [3.05, 3.63) is 29.6 Å². The molecule has 0 saturated carbocycles. The maximum absolute atomic E-state index is 13.8. The number of ether oxygens (including phenoxy) is 1. The number of benzene rings is 1. The van der Waals surface area contributed by atoms with Crippen LogP contribution >= 0.6 is 15.9 Å². The van der Waals surface area contributed by atoms with Crippen LogP contribution in [-0.4, -0.2) is 26.3 Å². The smallest absolute Gasteiger partial charge is 0.146 e. The van der Waals surface area contributed by atoms with E-state index in [-0.39, 0.29) is 11.9 Å². The monoisotopic (exact) mass is 303 g/mol. The van der Waals surface area contributed by atoms with Crippen LogP contribution in [0.2, 0.25) is 0 Å². The number of likely N-dealkylation sites (N-methyl/N-ethyl adjacent to an activating group) is 1. The number of hydrogen-bond donors (Lipinski definition) is 0. The van der Waals surface area contributed by atoms with Crippen LogP contribution in [0.3, 0.4) is 0 Å². The first-order chi connectivity index (χ1) is 8.06. The Hall–Kier alpha value is -0.610. The van der Waals surface area contributed by atoms with Crippen LogP contribution in [0.1, 0.15) is 19.4 Å². The number of hydrogen-bond acceptors (Lipinski definition) is 2. The third-order valence-corrected chi connectivity index (χ3v) is 3.08. The molecule has 17 heavy (non-hydrogen) atoms. The molecule has 0 aromatic heterocycles. The average Bonchev–Trinajstić information content (AvgIpc) is 2.27. The van der Waals surface area contributed by atoms with Gasteiger partial charge in [-0.2, -0.15) is 0 Å². The predicted molar refractivity (Wildman–Crippen MR) is 73.4 cm³/mol. The van der Waals surface area contributed by atoms with Crippen LogP contribution in [-0.2, 0) is 10.1 Å². The molecular formula is C13H19BrFNO. The SMILES string of the molecule is CC(C)OCCN(C)c1c(F)cccc1CBr. The minimum atomic E-state index is -0.186. The van der Waals surface area contributed by atoms with E-state index >= 15 is 0 Å². The highest BCUT2D eigenvalue weighted by Crippen LogP contribution is 2.25. The van der Waals surface area contributed by atoms with Crippen molar-refractivity contribution in [2.24, 2.45) is 0 Å². The maximum Gasteiger partial charge on any atom is 0.146 e. The molecule has 0 N–H and O–H groups in total. The quantitative estimate of drug-likeness (QED) is 0.745. The highest BCUT2D eigenvalue weighted by molar-refractivity contribution is 9.08. The number of para-hydroxylation sites is 1. The highest BCUT2D eigenvalue weighted by atomic mass is 79.9. The number of halogens is 2. The number of alkyl halides is 1. The Morgan fingerprint density at radius 1 is 1.41 bits per heavy atom. The van der Waals surface area contributed by atoms with E-state index in [1.54, 1.807) is 6.07 Å². The topological polar surface area (TPSA) is 12.5 Å². The van der Waals surface area contributed by atoms with Crippen LogP contribution in [0.5, 0.6) is 0 Å². The van der Waals surface area contributed by atoms with Crippen molar-refractivity contribution in [3.8, 4) is 0 Å². The second-order valence-corrected chi connectivity index (χ2v) is 4.78. The van der Waals surface area contributed by atoms with Crippen LogP contribution in [0.4, 0.5) is 10.1 Å². The summed E-state index contributed by atoms with van der Waals surface area (Å²) in [5, 5.41) is 0.648. The van der Waals surface area contributed by atoms with Crippen LogP contribution < -0.4 is 4.90 Å². The fraction of sp³-hybridized carbons (Fsp3) is 0.538. The van der Waals surface area contributed by atoms with Gasteiger partial charge in [-0.05, 0) is 25.5 Å². The molecule has 0 aliphatic rings. The van der Waals surface area contributed by atoms with Gasteiger partial charge >= 0.3 is 0 Å². The second-order valence-electron chi connectivity index (χ2n) is 4.22. The first-order valence-electron chi connectivity index (χ1n) is 5.72. The molecule has 1 aromatic carbocycles. The maximum atomic E-state index is 13.8. The molecule has 0 saturated heterocycles. The first-order valence-corrected chi connectivity index (χ1v) is 6.84. The molecule has 96 valence electrons. The molecule has 0 heterocycles. The van der Waals surface area contributed by atoms with Gasteiger partial charge in [0.2, 0.25) is 0 Å². The van der Waals surface area contributed by atoms with E-state index < -0.39 is 0 Å². The number of rotatable bonds is 6. The van der Waals surface area contributed by atoms with E-state index in [2.05, 4.69) is 15.9 Å². The zero-order valence-corrected chi connectivity index (χ0v) is 12.1. The van der Waals surface area contributed by atoms with Gasteiger partial charge in [0, 0.05) is 18.9 Å². The summed E-state index contributed by atoms with van der Waals surface area (Å²) in [4.78, 5) is 1.90. The van der Waals surface area contributed by atoms with Gasteiger partial charge in [0.15, 0.2) is 0 Å². The molecule has 0 bridgehead atoms. The van der Waals surface area contributed by atoms with Crippen molar-refractivity contribution in [1.82, 2.24) is 0 Å². The van der Waals surface area contributed by atoms with E-state index in [1.807, 2.05) is 31.9 Å². The van der Waals surface area contributed by atoms with Crippen molar-refractivity contribution < 1.29 is 9.13 Å². The Balaban J connectivity index is 2.70. The van der Waals surface area contributed by atoms with E-state index in [0.29, 0.717) is 24.2 Å². The summed E-state index contributed by atoms with van der Waals surface area (Å²) < 4.78 is 19.2. The van der Waals surface area contributed by atoms with E-state index in [9.17, 15) is 4.39 Å². The standard InChI is InChI=1S/C13H19BrFNO/c1-10(2)17-8-7-16(3)13-11(9-14)5-4-6-12(13)15/h4-6,10H,7-9H2,1-3H3. The molecule has 0 aliphatic heterocycles. The largest absolute Gasteiger partial charge is 0.377 e. The van der Waals surface area contributed by atoms with Gasteiger partial charge in [0.25, 0.3) is 0 Å². The molecule has 0 radical (unpaired) electrons. The molecule has 0 atom stereocenters. The predicted octanol–water partition coefficient (Wildman–Crippen LogP) is 3.58. The lowest BCUT2D eigenvalue weighted by Gasteiger charge is -2.23. The lowest BCUT2D eigenvalue weighted by molar-refractivity contribution is 0.0845. The van der Waals surface area contributed by atoms with E-state index in [1.165, 1.54) is 6.07 Å². The third-order valence-electron chi connectivity index (χ3n) is 2.47. The third kappa shape index (κ3) is 4.28. The summed E-state index contributed by atoms with van der Waals surface area (Å²) >= 11 is 3.38. The van der Waals surface area contributed by atoms with Crippen molar-refractivity contribution in [2.75, 3.05) is 25.1 Å². The van der Waals surface area contributed by atoms with Gasteiger partial charge in [-0.1, -0.05) is 28.1 Å². The fourth-order valence-electron chi connectivity index (χ4n) is 1.63. The van der Waals surface area contributed by atoms with Crippen LogP contribution in [0.15, 0.2) is 18.2 Å². The molecular weight excluding hydrogens is 285 g/mol. The Labute approximate surface area is 111 Å². The molecule has 0 spiro atoms. The fourth-order valence-corrected chi connectivity index (χ4v) is 2.08. The summed E-state index contributed by atoms with van der Waals surface area (Å²) in [7, 11) is 1.88. The Kier molecular flexibility index (Phi) is 5.92. The molecule has 1 rings (SSSR count). The summed E-state index contributed by atoms with van der Waals surface area (Å²) in [6.45, 7) is 5.27. The van der Waals surface area contributed by atoms with Gasteiger partial charge in [-0.15, -0.1) is 0 Å². The molecule has 0 amide bonds. The molecule has 1 aromatic rings. The van der Waals surface area contributed by atoms with Gasteiger partial charge in [-0.3, -0.25) is 0 Å². The summed E-state index contributed by atoms with van der Waals surface area (Å²) in [6.07, 6.45) is 0.208. The number of nitrogens with zero attached hydrogens (tertiary/aromatic N) is 1. The van der Waals surface area contributed by atoms with Gasteiger partial charge in [-0.25, -0.2) is 4.39 Å². The summed E-state index contributed by atoms with van der Waals surface area (Å²) in [5.74, 6) is -0.186. The van der Waals surface area contributed by atoms with Gasteiger partial charge in [0.1, 0.15) is 5.82 Å². The lowest BCUT2D eigenvalue weighted by atomic mass is 10.2. The van der Waals surface area contributed by atoms with E-state index in [4.69, 9.17) is 4.74 Å². The molecule has 4 heteroatoms. The number of anilines is 1. The average molecular weight is 304 g/mol. The highest BCUT2D eigenvalue weighted by Gasteiger charge is 2.12. The lowest BCUT2D eigenvalue weighted by Crippen LogP contribution is -2.25. The molecule has 0 fully saturated rings. The van der Waals surface area contributed by atoms with Crippen molar-refractivity contribution in [3.63, 3.8) is 0 Å². The Morgan fingerprint density at radius 2 is 2.12 bits per heavy atom.